The maximum Gasteiger partial charge on any atom is 0.312 e. The molecule has 4 saturated carbocycles. The number of nitro groups is 2. The molecule has 0 radical (unpaired) electrons. The van der Waals surface area contributed by atoms with Gasteiger partial charge in [0.05, 0.1) is 32.8 Å². The summed E-state index contributed by atoms with van der Waals surface area (Å²) in [7, 11) is 0. The molecule has 0 saturated heterocycles. The Labute approximate surface area is 262 Å². The van der Waals surface area contributed by atoms with Gasteiger partial charge in [-0.1, -0.05) is 54.1 Å². The highest BCUT2D eigenvalue weighted by atomic mass is 16.6. The van der Waals surface area contributed by atoms with Crippen LogP contribution in [0.15, 0.2) is 66.7 Å². The minimum absolute atomic E-state index is 0.00225. The third-order valence-electron chi connectivity index (χ3n) is 9.45. The molecule has 0 spiro atoms. The van der Waals surface area contributed by atoms with Crippen molar-refractivity contribution in [1.82, 2.24) is 0 Å². The van der Waals surface area contributed by atoms with Gasteiger partial charge in [0.1, 0.15) is 13.2 Å². The Morgan fingerprint density at radius 1 is 0.756 bits per heavy atom. The topological polar surface area (TPSA) is 139 Å². The molecule has 7 rings (SSSR count). The van der Waals surface area contributed by atoms with Crippen LogP contribution in [0.5, 0.6) is 0 Å². The molecule has 3 aromatic rings. The summed E-state index contributed by atoms with van der Waals surface area (Å²) in [5, 5.41) is 22.1. The maximum absolute atomic E-state index is 12.8. The van der Waals surface area contributed by atoms with Crippen molar-refractivity contribution in [3.63, 3.8) is 0 Å². The third-order valence-corrected chi connectivity index (χ3v) is 9.45. The van der Waals surface area contributed by atoms with Gasteiger partial charge < -0.3 is 9.47 Å². The van der Waals surface area contributed by atoms with E-state index in [9.17, 15) is 29.8 Å². The number of para-hydroxylation sites is 1. The molecule has 4 aliphatic carbocycles. The number of rotatable bonds is 9. The molecule has 0 aromatic heterocycles. The van der Waals surface area contributed by atoms with E-state index in [1.807, 2.05) is 31.2 Å². The second-order valence-corrected chi connectivity index (χ2v) is 12.8. The van der Waals surface area contributed by atoms with E-state index in [1.165, 1.54) is 31.4 Å². The predicted octanol–water partition coefficient (Wildman–Crippen LogP) is 7.35. The molecule has 4 aliphatic rings. The summed E-state index contributed by atoms with van der Waals surface area (Å²) >= 11 is 0. The lowest BCUT2D eigenvalue weighted by Gasteiger charge is -2.55. The van der Waals surface area contributed by atoms with Crippen molar-refractivity contribution < 1.29 is 28.9 Å². The van der Waals surface area contributed by atoms with Crippen LogP contribution in [0.2, 0.25) is 0 Å². The summed E-state index contributed by atoms with van der Waals surface area (Å²) < 4.78 is 10.8. The molecule has 0 atom stereocenters. The van der Waals surface area contributed by atoms with Gasteiger partial charge in [-0.25, -0.2) is 0 Å². The van der Waals surface area contributed by atoms with Crippen LogP contribution < -0.4 is 0 Å². The van der Waals surface area contributed by atoms with Gasteiger partial charge in [-0.3, -0.25) is 29.8 Å². The highest BCUT2D eigenvalue weighted by Gasteiger charge is 2.55. The van der Waals surface area contributed by atoms with Crippen molar-refractivity contribution in [2.24, 2.45) is 23.2 Å². The highest BCUT2D eigenvalue weighted by molar-refractivity contribution is 5.77. The monoisotopic (exact) mass is 614 g/mol. The van der Waals surface area contributed by atoms with Gasteiger partial charge in [-0.15, -0.1) is 0 Å². The Balaban J connectivity index is 0.000000178. The first-order valence-corrected chi connectivity index (χ1v) is 15.4. The van der Waals surface area contributed by atoms with Gasteiger partial charge in [0, 0.05) is 12.1 Å². The van der Waals surface area contributed by atoms with Crippen LogP contribution in [0.25, 0.3) is 0 Å². The lowest BCUT2D eigenvalue weighted by atomic mass is 9.49. The number of hydrogen-bond acceptors (Lipinski definition) is 8. The van der Waals surface area contributed by atoms with Gasteiger partial charge in [0.2, 0.25) is 0 Å². The molecule has 4 bridgehead atoms. The minimum Gasteiger partial charge on any atom is -0.460 e. The number of hydrogen-bond donors (Lipinski definition) is 0. The number of nitro benzene ring substituents is 2. The maximum atomic E-state index is 12.8. The molecule has 4 fully saturated rings. The van der Waals surface area contributed by atoms with E-state index in [0.29, 0.717) is 28.9 Å². The van der Waals surface area contributed by atoms with Crippen LogP contribution in [0.3, 0.4) is 0 Å². The lowest BCUT2D eigenvalue weighted by molar-refractivity contribution is -0.386. The van der Waals surface area contributed by atoms with Crippen LogP contribution in [0.1, 0.15) is 66.3 Å². The van der Waals surface area contributed by atoms with Gasteiger partial charge in [-0.05, 0) is 87.3 Å². The second kappa shape index (κ2) is 13.6. The number of ether oxygens (including phenoxy) is 2. The summed E-state index contributed by atoms with van der Waals surface area (Å²) in [6.45, 7) is 3.64. The third kappa shape index (κ3) is 7.56. The summed E-state index contributed by atoms with van der Waals surface area (Å²) in [5.41, 5.74) is 3.30. The molecule has 236 valence electrons. The lowest BCUT2D eigenvalue weighted by Crippen LogP contribution is -2.50. The summed E-state index contributed by atoms with van der Waals surface area (Å²) in [6.07, 6.45) is 6.84. The normalized spacial score (nSPS) is 22.6. The van der Waals surface area contributed by atoms with Crippen LogP contribution in [-0.2, 0) is 38.7 Å². The molecule has 0 amide bonds. The number of carbonyl (C=O) groups excluding carboxylic acids is 2. The average Bonchev–Trinajstić information content (AvgIpc) is 3.00. The summed E-state index contributed by atoms with van der Waals surface area (Å²) in [6, 6.07) is 18.9. The van der Waals surface area contributed by atoms with Crippen molar-refractivity contribution in [2.45, 2.75) is 72.0 Å². The molecular weight excluding hydrogens is 576 g/mol. The van der Waals surface area contributed by atoms with Crippen molar-refractivity contribution in [2.75, 3.05) is 0 Å². The fourth-order valence-corrected chi connectivity index (χ4v) is 7.59. The van der Waals surface area contributed by atoms with Gasteiger partial charge in [-0.2, -0.15) is 0 Å². The Morgan fingerprint density at radius 3 is 1.93 bits per heavy atom. The fourth-order valence-electron chi connectivity index (χ4n) is 7.59. The van der Waals surface area contributed by atoms with Crippen LogP contribution in [0.4, 0.5) is 11.4 Å². The Hall–Kier alpha value is -4.60. The number of benzene rings is 3. The van der Waals surface area contributed by atoms with Crippen LogP contribution in [-0.4, -0.2) is 21.8 Å². The first-order valence-electron chi connectivity index (χ1n) is 15.4. The standard InChI is InChI=1S/C18H21NO4.C17H17NO4/c20-17(23-11-15-3-1-2-4-16(15)19(21)22)18-8-12-5-13(9-18)7-14(6-12)10-18;1-12-6-8-14(9-7-12)10-17(19)22-11-15-13(2)4-3-5-16(15)18(20)21/h1-4,12-14H,5-11H2;3-9H,10-11H2,1-2H3. The van der Waals surface area contributed by atoms with E-state index in [4.69, 9.17) is 9.47 Å². The van der Waals surface area contributed by atoms with Crippen LogP contribution >= 0.6 is 0 Å². The largest absolute Gasteiger partial charge is 0.460 e. The van der Waals surface area contributed by atoms with E-state index in [0.717, 1.165) is 36.0 Å². The summed E-state index contributed by atoms with van der Waals surface area (Å²) in [5.74, 6) is 1.51. The molecule has 3 aromatic carbocycles. The van der Waals surface area contributed by atoms with E-state index in [2.05, 4.69) is 0 Å². The molecule has 10 heteroatoms. The number of esters is 2. The second-order valence-electron chi connectivity index (χ2n) is 12.8. The predicted molar refractivity (Wildman–Crippen MR) is 166 cm³/mol. The van der Waals surface area contributed by atoms with Crippen molar-refractivity contribution in [3.8, 4) is 0 Å². The number of carbonyl (C=O) groups is 2. The zero-order valence-corrected chi connectivity index (χ0v) is 25.6. The Bertz CT molecular complexity index is 1550. The smallest absolute Gasteiger partial charge is 0.312 e. The quantitative estimate of drug-likeness (QED) is 0.138. The first-order chi connectivity index (χ1) is 21.5. The number of nitrogens with zero attached hydrogens (tertiary/aromatic N) is 2. The molecule has 45 heavy (non-hydrogen) atoms. The molecule has 10 nitrogen and oxygen atoms in total. The molecule has 0 unspecified atom stereocenters. The zero-order chi connectivity index (χ0) is 32.1. The van der Waals surface area contributed by atoms with Crippen LogP contribution in [0, 0.1) is 57.2 Å². The Kier molecular flexibility index (Phi) is 9.60. The highest BCUT2D eigenvalue weighted by Crippen LogP contribution is 2.60. The minimum atomic E-state index is -0.462. The summed E-state index contributed by atoms with van der Waals surface area (Å²) in [4.78, 5) is 45.8. The zero-order valence-electron chi connectivity index (χ0n) is 25.6. The van der Waals surface area contributed by atoms with Gasteiger partial charge in [0.25, 0.3) is 11.4 Å². The van der Waals surface area contributed by atoms with Crippen molar-refractivity contribution in [1.29, 1.82) is 0 Å². The van der Waals surface area contributed by atoms with E-state index in [1.54, 1.807) is 37.3 Å². The van der Waals surface area contributed by atoms with E-state index in [-0.39, 0.29) is 42.4 Å². The van der Waals surface area contributed by atoms with Crippen molar-refractivity contribution in [3.05, 3.63) is 115 Å². The SMILES string of the molecule is Cc1ccc(CC(=O)OCc2c(C)cccc2[N+](=O)[O-])cc1.O=C(OCc1ccccc1[N+](=O)[O-])C12CC3CC(CC(C3)C1)C2. The van der Waals surface area contributed by atoms with Crippen molar-refractivity contribution >= 4 is 23.3 Å². The molecule has 0 aliphatic heterocycles. The van der Waals surface area contributed by atoms with Gasteiger partial charge in [0.15, 0.2) is 0 Å². The molecule has 0 heterocycles. The molecule has 0 N–H and O–H groups in total. The molecular formula is C35H38N2O8. The fraction of sp³-hybridized carbons (Fsp3) is 0.429. The first kappa shape index (κ1) is 31.8. The average molecular weight is 615 g/mol. The number of aryl methyl sites for hydroxylation is 2. The van der Waals surface area contributed by atoms with Gasteiger partial charge >= 0.3 is 11.9 Å². The van der Waals surface area contributed by atoms with E-state index < -0.39 is 15.8 Å². The Morgan fingerprint density at radius 2 is 1.33 bits per heavy atom. The van der Waals surface area contributed by atoms with E-state index >= 15 is 0 Å².